The van der Waals surface area contributed by atoms with E-state index in [2.05, 4.69) is 15.6 Å². The zero-order valence-corrected chi connectivity index (χ0v) is 13.7. The molecule has 0 aromatic carbocycles. The summed E-state index contributed by atoms with van der Waals surface area (Å²) in [5, 5.41) is 5.73. The Morgan fingerprint density at radius 1 is 1.38 bits per heavy atom. The van der Waals surface area contributed by atoms with Gasteiger partial charge in [0.2, 0.25) is 5.91 Å². The Bertz CT molecular complexity index is 542. The minimum absolute atomic E-state index is 0.00709. The van der Waals surface area contributed by atoms with Crippen molar-refractivity contribution in [1.29, 1.82) is 0 Å². The maximum absolute atomic E-state index is 13.0. The first-order valence-corrected chi connectivity index (χ1v) is 8.18. The molecule has 0 unspecified atom stereocenters. The predicted molar refractivity (Wildman–Crippen MR) is 85.6 cm³/mol. The molecule has 0 spiro atoms. The van der Waals surface area contributed by atoms with Crippen LogP contribution in [0.25, 0.3) is 0 Å². The molecule has 1 aromatic rings. The average Bonchev–Trinajstić information content (AvgIpc) is 2.54. The normalized spacial score (nSPS) is 16.8. The average molecular weight is 344 g/mol. The molecule has 0 radical (unpaired) electrons. The van der Waals surface area contributed by atoms with Gasteiger partial charge in [0.05, 0.1) is 12.1 Å². The van der Waals surface area contributed by atoms with Crippen LogP contribution in [0.5, 0.6) is 0 Å². The number of aromatic nitrogens is 1. The van der Waals surface area contributed by atoms with Gasteiger partial charge in [-0.25, -0.2) is 4.98 Å². The number of nitrogens with zero attached hydrogens (tertiary/aromatic N) is 2. The van der Waals surface area contributed by atoms with Crippen molar-refractivity contribution in [2.45, 2.75) is 38.4 Å². The van der Waals surface area contributed by atoms with E-state index in [4.69, 9.17) is 0 Å². The Kier molecular flexibility index (Phi) is 6.42. The summed E-state index contributed by atoms with van der Waals surface area (Å²) in [6.07, 6.45) is -0.827. The number of carbonyl (C=O) groups is 1. The molecule has 134 valence electrons. The number of likely N-dealkylation sites (tertiary alicyclic amines) is 1. The van der Waals surface area contributed by atoms with Crippen LogP contribution >= 0.6 is 0 Å². The van der Waals surface area contributed by atoms with E-state index in [1.807, 2.05) is 11.8 Å². The molecule has 1 aliphatic heterocycles. The lowest BCUT2D eigenvalue weighted by Crippen LogP contribution is -2.44. The minimum Gasteiger partial charge on any atom is -0.367 e. The third-order valence-electron chi connectivity index (χ3n) is 3.98. The van der Waals surface area contributed by atoms with Crippen molar-refractivity contribution < 1.29 is 18.0 Å². The summed E-state index contributed by atoms with van der Waals surface area (Å²) in [7, 11) is 0. The molecule has 0 bridgehead atoms. The molecule has 24 heavy (non-hydrogen) atoms. The van der Waals surface area contributed by atoms with Crippen molar-refractivity contribution in [3.05, 3.63) is 23.9 Å². The number of amides is 1. The fourth-order valence-corrected chi connectivity index (χ4v) is 2.70. The molecule has 8 heteroatoms. The molecular formula is C16H23F3N4O. The summed E-state index contributed by atoms with van der Waals surface area (Å²) in [6, 6.07) is 2.24. The van der Waals surface area contributed by atoms with Gasteiger partial charge in [-0.3, -0.25) is 9.69 Å². The van der Waals surface area contributed by atoms with Gasteiger partial charge in [-0.1, -0.05) is 6.92 Å². The zero-order chi connectivity index (χ0) is 17.6. The highest BCUT2D eigenvalue weighted by molar-refractivity contribution is 5.77. The summed E-state index contributed by atoms with van der Waals surface area (Å²) in [4.78, 5) is 17.5. The minimum atomic E-state index is -4.42. The molecule has 1 amide bonds. The van der Waals surface area contributed by atoms with Crippen LogP contribution in [0.1, 0.15) is 31.7 Å². The van der Waals surface area contributed by atoms with E-state index < -0.39 is 11.7 Å². The fraction of sp³-hybridized carbons (Fsp3) is 0.625. The van der Waals surface area contributed by atoms with Gasteiger partial charge in [-0.05, 0) is 31.4 Å². The van der Waals surface area contributed by atoms with Crippen molar-refractivity contribution in [2.24, 2.45) is 0 Å². The van der Waals surface area contributed by atoms with Crippen molar-refractivity contribution >= 4 is 11.7 Å². The van der Waals surface area contributed by atoms with Gasteiger partial charge in [-0.2, -0.15) is 13.2 Å². The van der Waals surface area contributed by atoms with Crippen LogP contribution in [0, 0.1) is 0 Å². The number of alkyl halides is 3. The number of carbonyl (C=O) groups excluding carboxylic acids is 1. The molecular weight excluding hydrogens is 321 g/mol. The molecule has 0 saturated carbocycles. The first-order chi connectivity index (χ1) is 11.4. The second kappa shape index (κ2) is 8.32. The van der Waals surface area contributed by atoms with E-state index in [1.165, 1.54) is 12.3 Å². The monoisotopic (exact) mass is 344 g/mol. The molecule has 1 fully saturated rings. The van der Waals surface area contributed by atoms with Gasteiger partial charge in [-0.15, -0.1) is 0 Å². The molecule has 5 nitrogen and oxygen atoms in total. The number of anilines is 1. The van der Waals surface area contributed by atoms with Gasteiger partial charge in [0, 0.05) is 31.9 Å². The lowest BCUT2D eigenvalue weighted by Gasteiger charge is -2.32. The van der Waals surface area contributed by atoms with Crippen LogP contribution < -0.4 is 10.6 Å². The van der Waals surface area contributed by atoms with Gasteiger partial charge in [0.15, 0.2) is 0 Å². The number of nitrogens with one attached hydrogen (secondary N) is 2. The Morgan fingerprint density at radius 2 is 2.08 bits per heavy atom. The van der Waals surface area contributed by atoms with Crippen LogP contribution in [0.2, 0.25) is 0 Å². The smallest absolute Gasteiger partial charge is 0.367 e. The van der Waals surface area contributed by atoms with E-state index in [0.29, 0.717) is 39.0 Å². The van der Waals surface area contributed by atoms with Crippen LogP contribution in [-0.2, 0) is 11.0 Å². The molecule has 2 N–H and O–H groups in total. The highest BCUT2D eigenvalue weighted by atomic mass is 19.4. The van der Waals surface area contributed by atoms with Crippen molar-refractivity contribution in [2.75, 3.05) is 31.5 Å². The van der Waals surface area contributed by atoms with Gasteiger partial charge in [0.25, 0.3) is 0 Å². The van der Waals surface area contributed by atoms with Crippen LogP contribution in [0.4, 0.5) is 19.0 Å². The Hall–Kier alpha value is -1.83. The SMILES string of the molecule is CCCNC(=O)CN1CCC(Nc2ncccc2C(F)(F)F)CC1. The van der Waals surface area contributed by atoms with Crippen molar-refractivity contribution in [3.8, 4) is 0 Å². The molecule has 1 saturated heterocycles. The molecule has 1 aromatic heterocycles. The third-order valence-corrected chi connectivity index (χ3v) is 3.98. The highest BCUT2D eigenvalue weighted by Crippen LogP contribution is 2.34. The number of hydrogen-bond acceptors (Lipinski definition) is 4. The van der Waals surface area contributed by atoms with E-state index >= 15 is 0 Å². The number of hydrogen-bond donors (Lipinski definition) is 2. The van der Waals surface area contributed by atoms with E-state index in [0.717, 1.165) is 12.5 Å². The number of piperidine rings is 1. The second-order valence-electron chi connectivity index (χ2n) is 5.94. The lowest BCUT2D eigenvalue weighted by atomic mass is 10.0. The zero-order valence-electron chi connectivity index (χ0n) is 13.7. The maximum Gasteiger partial charge on any atom is 0.419 e. The Morgan fingerprint density at radius 3 is 2.71 bits per heavy atom. The Balaban J connectivity index is 1.85. The molecule has 2 heterocycles. The topological polar surface area (TPSA) is 57.3 Å². The predicted octanol–water partition coefficient (Wildman–Crippen LogP) is 2.50. The van der Waals surface area contributed by atoms with Crippen LogP contribution in [0.15, 0.2) is 18.3 Å². The summed E-state index contributed by atoms with van der Waals surface area (Å²) >= 11 is 0. The van der Waals surface area contributed by atoms with Crippen LogP contribution in [0.3, 0.4) is 0 Å². The van der Waals surface area contributed by atoms with Crippen LogP contribution in [-0.4, -0.2) is 48.0 Å². The van der Waals surface area contributed by atoms with Crippen molar-refractivity contribution in [3.63, 3.8) is 0 Å². The molecule has 2 rings (SSSR count). The number of pyridine rings is 1. The number of halogens is 3. The first kappa shape index (κ1) is 18.5. The first-order valence-electron chi connectivity index (χ1n) is 8.18. The molecule has 0 atom stereocenters. The van der Waals surface area contributed by atoms with Gasteiger partial charge < -0.3 is 10.6 Å². The highest BCUT2D eigenvalue weighted by Gasteiger charge is 2.34. The van der Waals surface area contributed by atoms with E-state index in [1.54, 1.807) is 0 Å². The quantitative estimate of drug-likeness (QED) is 0.833. The summed E-state index contributed by atoms with van der Waals surface area (Å²) < 4.78 is 38.9. The number of rotatable bonds is 6. The second-order valence-corrected chi connectivity index (χ2v) is 5.94. The molecule has 1 aliphatic rings. The summed E-state index contributed by atoms with van der Waals surface area (Å²) in [6.45, 7) is 4.34. The van der Waals surface area contributed by atoms with Crippen molar-refractivity contribution in [1.82, 2.24) is 15.2 Å². The van der Waals surface area contributed by atoms with E-state index in [-0.39, 0.29) is 17.8 Å². The summed E-state index contributed by atoms with van der Waals surface area (Å²) in [5.41, 5.74) is -0.744. The fourth-order valence-electron chi connectivity index (χ4n) is 2.70. The third kappa shape index (κ3) is 5.36. The Labute approximate surface area is 139 Å². The largest absolute Gasteiger partial charge is 0.419 e. The van der Waals surface area contributed by atoms with Gasteiger partial charge in [0.1, 0.15) is 5.82 Å². The van der Waals surface area contributed by atoms with Gasteiger partial charge >= 0.3 is 6.18 Å². The lowest BCUT2D eigenvalue weighted by molar-refractivity contribution is -0.137. The maximum atomic E-state index is 13.0. The molecule has 0 aliphatic carbocycles. The van der Waals surface area contributed by atoms with E-state index in [9.17, 15) is 18.0 Å². The standard InChI is InChI=1S/C16H23F3N4O/c1-2-7-20-14(24)11-23-9-5-12(6-10-23)22-15-13(16(17,18)19)4-3-8-21-15/h3-4,8,12H,2,5-7,9-11H2,1H3,(H,20,24)(H,21,22). The summed E-state index contributed by atoms with van der Waals surface area (Å²) in [5.74, 6) is -0.128.